The molecule has 1 atom stereocenters. The minimum absolute atomic E-state index is 0.0372. The van der Waals surface area contributed by atoms with Crippen molar-refractivity contribution in [3.05, 3.63) is 23.2 Å². The summed E-state index contributed by atoms with van der Waals surface area (Å²) >= 11 is 5.90. The summed E-state index contributed by atoms with van der Waals surface area (Å²) in [6, 6.07) is 5.12. The standard InChI is InChI=1S/C13H16ClNO3/c1-17-12-5-4-9(14)7-11(12)15-13(16)8-10-3-2-6-18-10/h4-5,7,10H,2-3,6,8H2,1H3,(H,15,16). The Kier molecular flexibility index (Phi) is 4.44. The SMILES string of the molecule is COc1ccc(Cl)cc1NC(=O)CC1CCCO1. The third-order valence-electron chi connectivity index (χ3n) is 2.87. The average molecular weight is 270 g/mol. The van der Waals surface area contributed by atoms with Gasteiger partial charge in [-0.1, -0.05) is 11.6 Å². The minimum atomic E-state index is -0.0810. The Hall–Kier alpha value is -1.26. The second kappa shape index (κ2) is 6.07. The molecule has 0 aromatic heterocycles. The molecule has 4 nitrogen and oxygen atoms in total. The molecule has 1 N–H and O–H groups in total. The van der Waals surface area contributed by atoms with Crippen molar-refractivity contribution in [3.63, 3.8) is 0 Å². The monoisotopic (exact) mass is 269 g/mol. The van der Waals surface area contributed by atoms with E-state index in [-0.39, 0.29) is 12.0 Å². The van der Waals surface area contributed by atoms with E-state index in [1.165, 1.54) is 0 Å². The Morgan fingerprint density at radius 1 is 1.61 bits per heavy atom. The molecule has 0 spiro atoms. The van der Waals surface area contributed by atoms with Crippen molar-refractivity contribution in [2.24, 2.45) is 0 Å². The van der Waals surface area contributed by atoms with Crippen LogP contribution >= 0.6 is 11.6 Å². The summed E-state index contributed by atoms with van der Waals surface area (Å²) < 4.78 is 10.6. The first-order valence-corrected chi connectivity index (χ1v) is 6.32. The summed E-state index contributed by atoms with van der Waals surface area (Å²) in [5.74, 6) is 0.516. The lowest BCUT2D eigenvalue weighted by Crippen LogP contribution is -2.19. The molecule has 0 radical (unpaired) electrons. The molecule has 18 heavy (non-hydrogen) atoms. The molecule has 1 aliphatic heterocycles. The summed E-state index contributed by atoms with van der Waals surface area (Å²) in [4.78, 5) is 11.9. The maximum atomic E-state index is 11.9. The number of hydrogen-bond acceptors (Lipinski definition) is 3. The van der Waals surface area contributed by atoms with Gasteiger partial charge in [0.15, 0.2) is 0 Å². The Balaban J connectivity index is 1.99. The smallest absolute Gasteiger partial charge is 0.227 e. The van der Waals surface area contributed by atoms with Gasteiger partial charge in [0.05, 0.1) is 25.3 Å². The number of benzene rings is 1. The topological polar surface area (TPSA) is 47.6 Å². The van der Waals surface area contributed by atoms with Crippen molar-refractivity contribution in [2.45, 2.75) is 25.4 Å². The molecule has 1 aromatic rings. The van der Waals surface area contributed by atoms with Crippen LogP contribution in [0.5, 0.6) is 5.75 Å². The van der Waals surface area contributed by atoms with Gasteiger partial charge < -0.3 is 14.8 Å². The fourth-order valence-corrected chi connectivity index (χ4v) is 2.16. The summed E-state index contributed by atoms with van der Waals surface area (Å²) in [7, 11) is 1.55. The lowest BCUT2D eigenvalue weighted by molar-refractivity contribution is -0.118. The molecular formula is C13H16ClNO3. The molecule has 0 saturated carbocycles. The number of rotatable bonds is 4. The lowest BCUT2D eigenvalue weighted by atomic mass is 10.1. The molecule has 2 rings (SSSR count). The van der Waals surface area contributed by atoms with Crippen molar-refractivity contribution in [3.8, 4) is 5.75 Å². The molecule has 98 valence electrons. The third-order valence-corrected chi connectivity index (χ3v) is 3.11. The maximum Gasteiger partial charge on any atom is 0.227 e. The van der Waals surface area contributed by atoms with E-state index in [9.17, 15) is 4.79 Å². The normalized spacial score (nSPS) is 18.7. The number of ether oxygens (including phenoxy) is 2. The molecule has 5 heteroatoms. The van der Waals surface area contributed by atoms with Crippen LogP contribution < -0.4 is 10.1 Å². The number of amides is 1. The highest BCUT2D eigenvalue weighted by atomic mass is 35.5. The second-order valence-electron chi connectivity index (χ2n) is 4.23. The Morgan fingerprint density at radius 3 is 3.11 bits per heavy atom. The van der Waals surface area contributed by atoms with Crippen LogP contribution in [0.15, 0.2) is 18.2 Å². The molecule has 1 aliphatic rings. The highest BCUT2D eigenvalue weighted by Gasteiger charge is 2.19. The highest BCUT2D eigenvalue weighted by molar-refractivity contribution is 6.31. The van der Waals surface area contributed by atoms with Crippen LogP contribution in [0.3, 0.4) is 0 Å². The van der Waals surface area contributed by atoms with Gasteiger partial charge in [-0.05, 0) is 31.0 Å². The fourth-order valence-electron chi connectivity index (χ4n) is 1.99. The molecule has 1 heterocycles. The number of carbonyl (C=O) groups is 1. The van der Waals surface area contributed by atoms with E-state index in [4.69, 9.17) is 21.1 Å². The van der Waals surface area contributed by atoms with Gasteiger partial charge in [-0.3, -0.25) is 4.79 Å². The largest absolute Gasteiger partial charge is 0.495 e. The van der Waals surface area contributed by atoms with Crippen molar-refractivity contribution < 1.29 is 14.3 Å². The van der Waals surface area contributed by atoms with Crippen LogP contribution in [0.25, 0.3) is 0 Å². The first-order chi connectivity index (χ1) is 8.69. The predicted octanol–water partition coefficient (Wildman–Crippen LogP) is 2.86. The Morgan fingerprint density at radius 2 is 2.44 bits per heavy atom. The third kappa shape index (κ3) is 3.37. The van der Waals surface area contributed by atoms with E-state index in [1.54, 1.807) is 25.3 Å². The lowest BCUT2D eigenvalue weighted by Gasteiger charge is -2.12. The Labute approximate surface area is 111 Å². The predicted molar refractivity (Wildman–Crippen MR) is 70.2 cm³/mol. The summed E-state index contributed by atoms with van der Waals surface area (Å²) in [6.07, 6.45) is 2.38. The van der Waals surface area contributed by atoms with E-state index in [2.05, 4.69) is 5.32 Å². The minimum Gasteiger partial charge on any atom is -0.495 e. The second-order valence-corrected chi connectivity index (χ2v) is 4.67. The van der Waals surface area contributed by atoms with Crippen LogP contribution in [0.1, 0.15) is 19.3 Å². The number of halogens is 1. The van der Waals surface area contributed by atoms with Gasteiger partial charge >= 0.3 is 0 Å². The van der Waals surface area contributed by atoms with Gasteiger partial charge in [-0.2, -0.15) is 0 Å². The molecule has 0 aliphatic carbocycles. The van der Waals surface area contributed by atoms with Crippen LogP contribution in [0.4, 0.5) is 5.69 Å². The molecule has 1 unspecified atom stereocenters. The summed E-state index contributed by atoms with van der Waals surface area (Å²) in [5, 5.41) is 3.36. The molecule has 1 fully saturated rings. The molecule has 0 bridgehead atoms. The molecule has 1 amide bonds. The molecular weight excluding hydrogens is 254 g/mol. The van der Waals surface area contributed by atoms with E-state index in [0.717, 1.165) is 19.4 Å². The van der Waals surface area contributed by atoms with Gasteiger partial charge in [-0.25, -0.2) is 0 Å². The van der Waals surface area contributed by atoms with Gasteiger partial charge in [0.25, 0.3) is 0 Å². The van der Waals surface area contributed by atoms with Gasteiger partial charge in [0, 0.05) is 11.6 Å². The van der Waals surface area contributed by atoms with E-state index >= 15 is 0 Å². The van der Waals surface area contributed by atoms with Crippen molar-refractivity contribution in [2.75, 3.05) is 19.0 Å². The number of hydrogen-bond donors (Lipinski definition) is 1. The average Bonchev–Trinajstić information content (AvgIpc) is 2.82. The number of anilines is 1. The van der Waals surface area contributed by atoms with Crippen LogP contribution in [0.2, 0.25) is 5.02 Å². The number of nitrogens with one attached hydrogen (secondary N) is 1. The van der Waals surface area contributed by atoms with E-state index < -0.39 is 0 Å². The van der Waals surface area contributed by atoms with Gasteiger partial charge in [0.2, 0.25) is 5.91 Å². The zero-order chi connectivity index (χ0) is 13.0. The fraction of sp³-hybridized carbons (Fsp3) is 0.462. The van der Waals surface area contributed by atoms with Crippen molar-refractivity contribution in [1.29, 1.82) is 0 Å². The summed E-state index contributed by atoms with van der Waals surface area (Å²) in [5.41, 5.74) is 0.591. The Bertz CT molecular complexity index is 430. The van der Waals surface area contributed by atoms with E-state index in [0.29, 0.717) is 22.9 Å². The number of carbonyl (C=O) groups excluding carboxylic acids is 1. The highest BCUT2D eigenvalue weighted by Crippen LogP contribution is 2.28. The first kappa shape index (κ1) is 13.2. The quantitative estimate of drug-likeness (QED) is 0.914. The van der Waals surface area contributed by atoms with Crippen molar-refractivity contribution in [1.82, 2.24) is 0 Å². The molecule has 1 aromatic carbocycles. The van der Waals surface area contributed by atoms with Gasteiger partial charge in [0.1, 0.15) is 5.75 Å². The zero-order valence-corrected chi connectivity index (χ0v) is 11.0. The van der Waals surface area contributed by atoms with E-state index in [1.807, 2.05) is 0 Å². The summed E-state index contributed by atoms with van der Waals surface area (Å²) in [6.45, 7) is 0.748. The van der Waals surface area contributed by atoms with Crippen molar-refractivity contribution >= 4 is 23.2 Å². The van der Waals surface area contributed by atoms with Crippen LogP contribution in [-0.2, 0) is 9.53 Å². The number of methoxy groups -OCH3 is 1. The van der Waals surface area contributed by atoms with Gasteiger partial charge in [-0.15, -0.1) is 0 Å². The van der Waals surface area contributed by atoms with Crippen LogP contribution in [0, 0.1) is 0 Å². The molecule has 1 saturated heterocycles. The maximum absolute atomic E-state index is 11.9. The first-order valence-electron chi connectivity index (χ1n) is 5.94. The zero-order valence-electron chi connectivity index (χ0n) is 10.2. The van der Waals surface area contributed by atoms with Crippen LogP contribution in [-0.4, -0.2) is 25.7 Å².